The van der Waals surface area contributed by atoms with E-state index in [0.717, 1.165) is 9.25 Å². The summed E-state index contributed by atoms with van der Waals surface area (Å²) in [6.07, 6.45) is 0. The third-order valence-corrected chi connectivity index (χ3v) is 4.39. The Kier molecular flexibility index (Phi) is 5.72. The van der Waals surface area contributed by atoms with E-state index < -0.39 is 34.7 Å². The molecule has 3 rings (SSSR count). The molecular formula is C21H21FN4O3. The summed E-state index contributed by atoms with van der Waals surface area (Å²) in [7, 11) is 0. The van der Waals surface area contributed by atoms with Gasteiger partial charge < -0.3 is 5.32 Å². The molecule has 0 unspecified atom stereocenters. The number of benzene rings is 2. The third kappa shape index (κ3) is 4.01. The number of hydrogen-bond acceptors (Lipinski definition) is 4. The largest absolute Gasteiger partial charge is 0.352 e. The molecule has 2 aromatic carbocycles. The van der Waals surface area contributed by atoms with Crippen LogP contribution >= 0.6 is 0 Å². The quantitative estimate of drug-likeness (QED) is 0.717. The number of carbonyl (C=O) groups excluding carboxylic acids is 1. The van der Waals surface area contributed by atoms with Crippen molar-refractivity contribution in [3.63, 3.8) is 0 Å². The van der Waals surface area contributed by atoms with Crippen molar-refractivity contribution in [1.82, 2.24) is 19.7 Å². The highest BCUT2D eigenvalue weighted by molar-refractivity contribution is 5.91. The van der Waals surface area contributed by atoms with E-state index in [-0.39, 0.29) is 11.7 Å². The Morgan fingerprint density at radius 2 is 1.62 bits per heavy atom. The highest BCUT2D eigenvalue weighted by Crippen LogP contribution is 2.15. The van der Waals surface area contributed by atoms with Gasteiger partial charge in [-0.2, -0.15) is 9.78 Å². The van der Waals surface area contributed by atoms with Gasteiger partial charge in [-0.25, -0.2) is 13.8 Å². The highest BCUT2D eigenvalue weighted by atomic mass is 19.1. The van der Waals surface area contributed by atoms with Crippen LogP contribution in [0.15, 0.2) is 64.2 Å². The Hall–Kier alpha value is -3.55. The number of para-hydroxylation sites is 1. The Morgan fingerprint density at radius 3 is 2.24 bits per heavy atom. The van der Waals surface area contributed by atoms with Crippen LogP contribution in [-0.2, 0) is 0 Å². The Labute approximate surface area is 166 Å². The van der Waals surface area contributed by atoms with Crippen LogP contribution in [0.4, 0.5) is 4.39 Å². The fraction of sp³-hybridized carbons (Fsp3) is 0.238. The van der Waals surface area contributed by atoms with Crippen molar-refractivity contribution in [3.8, 4) is 5.69 Å². The van der Waals surface area contributed by atoms with Crippen molar-refractivity contribution in [2.24, 2.45) is 0 Å². The first-order valence-electron chi connectivity index (χ1n) is 9.18. The minimum atomic E-state index is -0.836. The zero-order valence-corrected chi connectivity index (χ0v) is 16.3. The first kappa shape index (κ1) is 20.2. The van der Waals surface area contributed by atoms with E-state index >= 15 is 0 Å². The zero-order valence-electron chi connectivity index (χ0n) is 16.3. The van der Waals surface area contributed by atoms with E-state index in [2.05, 4.69) is 10.4 Å². The molecule has 0 saturated heterocycles. The molecule has 0 aliphatic heterocycles. The molecule has 1 N–H and O–H groups in total. The number of rotatable bonds is 5. The maximum absolute atomic E-state index is 14.4. The number of nitrogens with one attached hydrogen (secondary N) is 1. The fourth-order valence-electron chi connectivity index (χ4n) is 2.96. The molecule has 0 saturated carbocycles. The van der Waals surface area contributed by atoms with Crippen LogP contribution in [0, 0.1) is 5.82 Å². The zero-order chi connectivity index (χ0) is 21.1. The number of hydrogen-bond donors (Lipinski definition) is 1. The van der Waals surface area contributed by atoms with Crippen LogP contribution in [0.3, 0.4) is 0 Å². The maximum Gasteiger partial charge on any atom is 0.352 e. The molecule has 0 bridgehead atoms. The summed E-state index contributed by atoms with van der Waals surface area (Å²) in [6, 6.07) is 13.5. The molecule has 8 heteroatoms. The molecule has 7 nitrogen and oxygen atoms in total. The molecule has 29 heavy (non-hydrogen) atoms. The summed E-state index contributed by atoms with van der Waals surface area (Å²) in [5.74, 6) is -1.43. The van der Waals surface area contributed by atoms with E-state index in [4.69, 9.17) is 0 Å². The molecule has 1 heterocycles. The van der Waals surface area contributed by atoms with Gasteiger partial charge in [0.15, 0.2) is 0 Å². The first-order valence-corrected chi connectivity index (χ1v) is 9.18. The van der Waals surface area contributed by atoms with Crippen LogP contribution in [0.5, 0.6) is 0 Å². The second-order valence-electron chi connectivity index (χ2n) is 6.88. The molecular weight excluding hydrogens is 375 g/mol. The van der Waals surface area contributed by atoms with Crippen molar-refractivity contribution >= 4 is 5.91 Å². The minimum absolute atomic E-state index is 0.148. The predicted molar refractivity (Wildman–Crippen MR) is 107 cm³/mol. The SMILES string of the molecule is CC(C)NC(=O)c1nn(-c2ccccc2F)c(=O)n([C@@H](C)c2ccccc2)c1=O. The highest BCUT2D eigenvalue weighted by Gasteiger charge is 2.24. The van der Waals surface area contributed by atoms with Crippen molar-refractivity contribution in [3.05, 3.63) is 92.5 Å². The van der Waals surface area contributed by atoms with Gasteiger partial charge in [0.2, 0.25) is 5.69 Å². The van der Waals surface area contributed by atoms with Gasteiger partial charge in [-0.05, 0) is 38.5 Å². The molecule has 1 atom stereocenters. The van der Waals surface area contributed by atoms with Gasteiger partial charge in [0, 0.05) is 6.04 Å². The topological polar surface area (TPSA) is 86.0 Å². The first-order chi connectivity index (χ1) is 13.8. The molecule has 1 amide bonds. The van der Waals surface area contributed by atoms with Gasteiger partial charge in [0.1, 0.15) is 11.5 Å². The second kappa shape index (κ2) is 8.22. The van der Waals surface area contributed by atoms with Gasteiger partial charge in [-0.15, -0.1) is 0 Å². The third-order valence-electron chi connectivity index (χ3n) is 4.39. The van der Waals surface area contributed by atoms with Crippen LogP contribution in [-0.4, -0.2) is 26.3 Å². The van der Waals surface area contributed by atoms with Crippen molar-refractivity contribution in [2.45, 2.75) is 32.9 Å². The number of halogens is 1. The standard InChI is InChI=1S/C21H21FN4O3/c1-13(2)23-19(27)18-20(28)25(14(3)15-9-5-4-6-10-15)21(29)26(24-18)17-12-8-7-11-16(17)22/h4-14H,1-3H3,(H,23,27)/t14-/m0/s1. The normalized spacial score (nSPS) is 12.0. The Bertz CT molecular complexity index is 1150. The molecule has 0 aliphatic carbocycles. The minimum Gasteiger partial charge on any atom is -0.348 e. The average Bonchev–Trinajstić information content (AvgIpc) is 2.69. The molecule has 0 spiro atoms. The summed E-state index contributed by atoms with van der Waals surface area (Å²) in [5, 5.41) is 6.51. The monoisotopic (exact) mass is 396 g/mol. The van der Waals surface area contributed by atoms with E-state index in [1.165, 1.54) is 24.3 Å². The van der Waals surface area contributed by atoms with E-state index in [1.807, 2.05) is 6.07 Å². The molecule has 3 aromatic rings. The summed E-state index contributed by atoms with van der Waals surface area (Å²) >= 11 is 0. The lowest BCUT2D eigenvalue weighted by Gasteiger charge is -2.18. The summed E-state index contributed by atoms with van der Waals surface area (Å²) in [4.78, 5) is 38.7. The predicted octanol–water partition coefficient (Wildman–Crippen LogP) is 2.28. The molecule has 1 aromatic heterocycles. The van der Waals surface area contributed by atoms with Gasteiger partial charge in [-0.3, -0.25) is 9.59 Å². The molecule has 0 radical (unpaired) electrons. The number of amides is 1. The van der Waals surface area contributed by atoms with Crippen molar-refractivity contribution in [1.29, 1.82) is 0 Å². The Balaban J connectivity index is 2.31. The lowest BCUT2D eigenvalue weighted by Crippen LogP contribution is -2.48. The van der Waals surface area contributed by atoms with Crippen LogP contribution in [0.1, 0.15) is 42.9 Å². The lowest BCUT2D eigenvalue weighted by atomic mass is 10.1. The summed E-state index contributed by atoms with van der Waals surface area (Å²) in [5.41, 5.74) is -1.61. The van der Waals surface area contributed by atoms with Crippen LogP contribution in [0.25, 0.3) is 5.69 Å². The fourth-order valence-corrected chi connectivity index (χ4v) is 2.96. The van der Waals surface area contributed by atoms with Gasteiger partial charge >= 0.3 is 5.69 Å². The number of carbonyl (C=O) groups is 1. The number of aromatic nitrogens is 3. The van der Waals surface area contributed by atoms with Crippen molar-refractivity contribution in [2.75, 3.05) is 0 Å². The van der Waals surface area contributed by atoms with Crippen molar-refractivity contribution < 1.29 is 9.18 Å². The van der Waals surface area contributed by atoms with E-state index in [1.54, 1.807) is 45.0 Å². The van der Waals surface area contributed by atoms with Crippen LogP contribution < -0.4 is 16.6 Å². The molecule has 0 aliphatic rings. The summed E-state index contributed by atoms with van der Waals surface area (Å²) < 4.78 is 16.0. The average molecular weight is 396 g/mol. The Morgan fingerprint density at radius 1 is 1.00 bits per heavy atom. The van der Waals surface area contributed by atoms with Gasteiger partial charge in [0.05, 0.1) is 6.04 Å². The molecule has 150 valence electrons. The lowest BCUT2D eigenvalue weighted by molar-refractivity contribution is 0.0933. The second-order valence-corrected chi connectivity index (χ2v) is 6.88. The van der Waals surface area contributed by atoms with Gasteiger partial charge in [-0.1, -0.05) is 42.5 Å². The smallest absolute Gasteiger partial charge is 0.348 e. The summed E-state index contributed by atoms with van der Waals surface area (Å²) in [6.45, 7) is 5.12. The maximum atomic E-state index is 14.4. The van der Waals surface area contributed by atoms with Crippen LogP contribution in [0.2, 0.25) is 0 Å². The van der Waals surface area contributed by atoms with E-state index in [9.17, 15) is 18.8 Å². The molecule has 0 fully saturated rings. The van der Waals surface area contributed by atoms with E-state index in [0.29, 0.717) is 5.56 Å². The number of nitrogens with zero attached hydrogens (tertiary/aromatic N) is 3. The van der Waals surface area contributed by atoms with Gasteiger partial charge in [0.25, 0.3) is 11.5 Å².